The van der Waals surface area contributed by atoms with E-state index in [0.29, 0.717) is 34.0 Å². The fraction of sp³-hybridized carbons (Fsp3) is 0.152. The quantitative estimate of drug-likeness (QED) is 0.162. The SMILES string of the molecule is CCOC(=O)C(NCc1ccc(-c2ccc3nnn(Cc4ccc5ncccc5c4)c3n2)cc1Cl)NC(=O)c1ccccc1. The van der Waals surface area contributed by atoms with Crippen molar-refractivity contribution in [2.45, 2.75) is 26.2 Å². The van der Waals surface area contributed by atoms with Gasteiger partial charge in [-0.1, -0.05) is 59.3 Å². The molecule has 0 spiro atoms. The van der Waals surface area contributed by atoms with E-state index in [1.54, 1.807) is 42.1 Å². The van der Waals surface area contributed by atoms with Gasteiger partial charge in [0.25, 0.3) is 5.91 Å². The monoisotopic (exact) mass is 605 g/mol. The van der Waals surface area contributed by atoms with Gasteiger partial charge in [-0.15, -0.1) is 5.10 Å². The number of carbonyl (C=O) groups excluding carboxylic acids is 2. The number of ether oxygens (including phenoxy) is 1. The largest absolute Gasteiger partial charge is 0.463 e. The van der Waals surface area contributed by atoms with Crippen LogP contribution in [-0.4, -0.2) is 49.6 Å². The first kappa shape index (κ1) is 28.9. The molecule has 0 saturated heterocycles. The van der Waals surface area contributed by atoms with E-state index in [9.17, 15) is 9.59 Å². The van der Waals surface area contributed by atoms with Gasteiger partial charge >= 0.3 is 5.97 Å². The van der Waals surface area contributed by atoms with Crippen LogP contribution in [0.15, 0.2) is 97.2 Å². The maximum Gasteiger partial charge on any atom is 0.343 e. The molecule has 2 N–H and O–H groups in total. The Bertz CT molecular complexity index is 1960. The summed E-state index contributed by atoms with van der Waals surface area (Å²) in [4.78, 5) is 34.5. The zero-order valence-corrected chi connectivity index (χ0v) is 24.5. The Balaban J connectivity index is 1.18. The van der Waals surface area contributed by atoms with E-state index in [1.165, 1.54) is 0 Å². The number of benzene rings is 3. The number of hydrogen-bond donors (Lipinski definition) is 2. The lowest BCUT2D eigenvalue weighted by Gasteiger charge is -2.19. The van der Waals surface area contributed by atoms with E-state index >= 15 is 0 Å². The Kier molecular flexibility index (Phi) is 8.53. The Morgan fingerprint density at radius 1 is 0.955 bits per heavy atom. The van der Waals surface area contributed by atoms with E-state index in [2.05, 4.69) is 32.0 Å². The van der Waals surface area contributed by atoms with Gasteiger partial charge in [0.1, 0.15) is 5.52 Å². The van der Waals surface area contributed by atoms with E-state index < -0.39 is 18.0 Å². The van der Waals surface area contributed by atoms with Crippen molar-refractivity contribution >= 4 is 45.5 Å². The van der Waals surface area contributed by atoms with Crippen molar-refractivity contribution in [2.75, 3.05) is 6.61 Å². The minimum absolute atomic E-state index is 0.180. The van der Waals surface area contributed by atoms with Gasteiger partial charge in [0, 0.05) is 34.3 Å². The molecule has 0 aliphatic carbocycles. The molecule has 11 heteroatoms. The Morgan fingerprint density at radius 3 is 2.61 bits per heavy atom. The number of fused-ring (bicyclic) bond motifs is 2. The van der Waals surface area contributed by atoms with Gasteiger partial charge in [0.15, 0.2) is 11.8 Å². The van der Waals surface area contributed by atoms with Crippen LogP contribution in [0.3, 0.4) is 0 Å². The lowest BCUT2D eigenvalue weighted by atomic mass is 10.1. The molecule has 1 amide bonds. The topological polar surface area (TPSA) is 124 Å². The van der Waals surface area contributed by atoms with Crippen LogP contribution < -0.4 is 10.6 Å². The Labute approximate surface area is 258 Å². The number of pyridine rings is 2. The second-order valence-electron chi connectivity index (χ2n) is 10.0. The number of esters is 1. The summed E-state index contributed by atoms with van der Waals surface area (Å²) in [5, 5.41) is 15.9. The maximum atomic E-state index is 12.7. The number of amides is 1. The number of halogens is 1. The summed E-state index contributed by atoms with van der Waals surface area (Å²) in [7, 11) is 0. The van der Waals surface area contributed by atoms with Crippen molar-refractivity contribution in [1.29, 1.82) is 0 Å². The third-order valence-electron chi connectivity index (χ3n) is 7.04. The van der Waals surface area contributed by atoms with Gasteiger partial charge < -0.3 is 10.1 Å². The third kappa shape index (κ3) is 6.41. The highest BCUT2D eigenvalue weighted by molar-refractivity contribution is 6.31. The molecule has 0 saturated carbocycles. The number of hydrogen-bond acceptors (Lipinski definition) is 8. The molecular weight excluding hydrogens is 578 g/mol. The second kappa shape index (κ2) is 13.0. The molecule has 44 heavy (non-hydrogen) atoms. The molecule has 1 unspecified atom stereocenters. The first-order valence-electron chi connectivity index (χ1n) is 14.1. The molecule has 10 nitrogen and oxygen atoms in total. The molecule has 0 aliphatic heterocycles. The highest BCUT2D eigenvalue weighted by Crippen LogP contribution is 2.26. The standard InChI is InChI=1S/C33H28ClN7O3/c1-2-44-33(43)30(38-32(42)22-7-4-3-5-8-22)36-19-25-12-11-24(18-26(25)34)28-14-15-29-31(37-28)41(40-39-29)20-21-10-13-27-23(17-21)9-6-16-35-27/h3-18,30,36H,2,19-20H2,1H3,(H,38,42). The van der Waals surface area contributed by atoms with Crippen LogP contribution in [-0.2, 0) is 22.6 Å². The minimum atomic E-state index is -1.06. The van der Waals surface area contributed by atoms with Crippen LogP contribution in [0.4, 0.5) is 0 Å². The van der Waals surface area contributed by atoms with Gasteiger partial charge in [0.2, 0.25) is 0 Å². The van der Waals surface area contributed by atoms with Gasteiger partial charge in [-0.25, -0.2) is 14.5 Å². The molecule has 6 aromatic rings. The van der Waals surface area contributed by atoms with E-state index in [0.717, 1.165) is 27.6 Å². The van der Waals surface area contributed by atoms with E-state index in [4.69, 9.17) is 21.3 Å². The highest BCUT2D eigenvalue weighted by Gasteiger charge is 2.22. The highest BCUT2D eigenvalue weighted by atomic mass is 35.5. The van der Waals surface area contributed by atoms with E-state index in [-0.39, 0.29) is 13.2 Å². The fourth-order valence-electron chi connectivity index (χ4n) is 4.80. The first-order valence-corrected chi connectivity index (χ1v) is 14.4. The Morgan fingerprint density at radius 2 is 1.80 bits per heavy atom. The minimum Gasteiger partial charge on any atom is -0.463 e. The summed E-state index contributed by atoms with van der Waals surface area (Å²) in [5.74, 6) is -0.988. The lowest BCUT2D eigenvalue weighted by Crippen LogP contribution is -2.51. The summed E-state index contributed by atoms with van der Waals surface area (Å²) in [6.45, 7) is 2.60. The van der Waals surface area contributed by atoms with Crippen molar-refractivity contribution in [2.24, 2.45) is 0 Å². The van der Waals surface area contributed by atoms with Crippen molar-refractivity contribution < 1.29 is 14.3 Å². The van der Waals surface area contributed by atoms with Gasteiger partial charge in [-0.3, -0.25) is 15.1 Å². The predicted octanol–water partition coefficient (Wildman–Crippen LogP) is 5.15. The molecule has 3 heterocycles. The van der Waals surface area contributed by atoms with Gasteiger partial charge in [0.05, 0.1) is 24.4 Å². The van der Waals surface area contributed by atoms with Crippen LogP contribution in [0.2, 0.25) is 5.02 Å². The van der Waals surface area contributed by atoms with Gasteiger partial charge in [-0.2, -0.15) is 0 Å². The lowest BCUT2D eigenvalue weighted by molar-refractivity contribution is -0.146. The molecule has 6 rings (SSSR count). The number of nitrogens with zero attached hydrogens (tertiary/aromatic N) is 5. The normalized spacial score (nSPS) is 11.9. The van der Waals surface area contributed by atoms with Crippen molar-refractivity contribution in [3.63, 3.8) is 0 Å². The molecule has 220 valence electrons. The molecule has 0 radical (unpaired) electrons. The number of nitrogens with one attached hydrogen (secondary N) is 2. The zero-order chi connectivity index (χ0) is 30.5. The Hall–Kier alpha value is -5.19. The summed E-state index contributed by atoms with van der Waals surface area (Å²) in [5.41, 5.74) is 6.02. The molecule has 3 aromatic carbocycles. The molecular formula is C33H28ClN7O3. The summed E-state index contributed by atoms with van der Waals surface area (Å²) in [6.07, 6.45) is 0.717. The summed E-state index contributed by atoms with van der Waals surface area (Å²) >= 11 is 6.68. The zero-order valence-electron chi connectivity index (χ0n) is 23.8. The first-order chi connectivity index (χ1) is 21.5. The van der Waals surface area contributed by atoms with Gasteiger partial charge in [-0.05, 0) is 66.6 Å². The average Bonchev–Trinajstić information content (AvgIpc) is 3.45. The molecule has 3 aromatic heterocycles. The number of carbonyl (C=O) groups is 2. The van der Waals surface area contributed by atoms with Crippen molar-refractivity contribution in [3.05, 3.63) is 119 Å². The van der Waals surface area contributed by atoms with Crippen LogP contribution in [0.5, 0.6) is 0 Å². The number of rotatable bonds is 10. The third-order valence-corrected chi connectivity index (χ3v) is 7.39. The van der Waals surface area contributed by atoms with Crippen LogP contribution in [0, 0.1) is 0 Å². The van der Waals surface area contributed by atoms with Crippen molar-refractivity contribution in [3.8, 4) is 11.3 Å². The van der Waals surface area contributed by atoms with Crippen LogP contribution >= 0.6 is 11.6 Å². The smallest absolute Gasteiger partial charge is 0.343 e. The van der Waals surface area contributed by atoms with Crippen LogP contribution in [0.25, 0.3) is 33.3 Å². The fourth-order valence-corrected chi connectivity index (χ4v) is 5.05. The molecule has 1 atom stereocenters. The molecule has 0 fully saturated rings. The molecule has 0 aliphatic rings. The van der Waals surface area contributed by atoms with Crippen molar-refractivity contribution in [1.82, 2.24) is 35.6 Å². The molecule has 0 bridgehead atoms. The predicted molar refractivity (Wildman–Crippen MR) is 168 cm³/mol. The van der Waals surface area contributed by atoms with Crippen LogP contribution in [0.1, 0.15) is 28.4 Å². The number of aromatic nitrogens is 5. The summed E-state index contributed by atoms with van der Waals surface area (Å²) < 4.78 is 6.93. The average molecular weight is 606 g/mol. The van der Waals surface area contributed by atoms with E-state index in [1.807, 2.05) is 60.7 Å². The summed E-state index contributed by atoms with van der Waals surface area (Å²) in [6, 6.07) is 28.1. The maximum absolute atomic E-state index is 12.7. The second-order valence-corrected chi connectivity index (χ2v) is 10.4.